The lowest BCUT2D eigenvalue weighted by Gasteiger charge is -2.22. The van der Waals surface area contributed by atoms with Gasteiger partial charge in [0.1, 0.15) is 6.61 Å². The second kappa shape index (κ2) is 13.6. The Balaban J connectivity index is 0.000000532. The third-order valence-corrected chi connectivity index (χ3v) is 6.36. The molecule has 3 aromatic rings. The van der Waals surface area contributed by atoms with E-state index >= 15 is 0 Å². The number of nitrogens with one attached hydrogen (secondary N) is 1. The first kappa shape index (κ1) is 29.4. The number of hydrogen-bond acceptors (Lipinski definition) is 4. The van der Waals surface area contributed by atoms with Gasteiger partial charge in [-0.25, -0.2) is 4.79 Å². The first-order valence-corrected chi connectivity index (χ1v) is 13.3. The van der Waals surface area contributed by atoms with E-state index in [-0.39, 0.29) is 18.0 Å². The van der Waals surface area contributed by atoms with Crippen LogP contribution < -0.4 is 11.1 Å². The van der Waals surface area contributed by atoms with Gasteiger partial charge in [-0.15, -0.1) is 0 Å². The zero-order valence-electron chi connectivity index (χ0n) is 23.3. The molecule has 39 heavy (non-hydrogen) atoms. The van der Waals surface area contributed by atoms with Crippen LogP contribution in [0.5, 0.6) is 0 Å². The van der Waals surface area contributed by atoms with Crippen LogP contribution in [0.3, 0.4) is 0 Å². The summed E-state index contributed by atoms with van der Waals surface area (Å²) < 4.78 is 5.28. The van der Waals surface area contributed by atoms with Crippen LogP contribution in [-0.2, 0) is 17.7 Å². The van der Waals surface area contributed by atoms with E-state index < -0.39 is 5.91 Å². The summed E-state index contributed by atoms with van der Waals surface area (Å²) in [5.41, 5.74) is 9.14. The molecule has 0 bridgehead atoms. The van der Waals surface area contributed by atoms with Gasteiger partial charge in [0.05, 0.1) is 6.04 Å². The summed E-state index contributed by atoms with van der Waals surface area (Å²) in [5.74, 6) is -0.815. The average Bonchev–Trinajstić information content (AvgIpc) is 3.23. The number of amides is 3. The van der Waals surface area contributed by atoms with Crippen LogP contribution in [0.4, 0.5) is 10.5 Å². The van der Waals surface area contributed by atoms with E-state index in [1.807, 2.05) is 36.4 Å². The van der Waals surface area contributed by atoms with Crippen molar-refractivity contribution in [1.82, 2.24) is 4.90 Å². The number of ether oxygens (including phenoxy) is 1. The van der Waals surface area contributed by atoms with E-state index in [0.717, 1.165) is 11.1 Å². The molecule has 7 heteroatoms. The number of carbonyl (C=O) groups is 3. The summed E-state index contributed by atoms with van der Waals surface area (Å²) in [6, 6.07) is 23.4. The molecule has 4 rings (SSSR count). The summed E-state index contributed by atoms with van der Waals surface area (Å²) in [6.07, 6.45) is 3.00. The van der Waals surface area contributed by atoms with E-state index in [1.165, 1.54) is 12.8 Å². The maximum Gasteiger partial charge on any atom is 0.410 e. The minimum Gasteiger partial charge on any atom is -0.447 e. The topological polar surface area (TPSA) is 102 Å². The summed E-state index contributed by atoms with van der Waals surface area (Å²) in [4.78, 5) is 37.9. The Morgan fingerprint density at radius 3 is 2.21 bits per heavy atom. The number of primary amides is 1. The number of anilines is 1. The molecule has 1 heterocycles. The Hall–Kier alpha value is -4.13. The molecule has 3 N–H and O–H groups in total. The standard InChI is InChI=1S/C25H23N3O4.C7H16/c26-23(29)19-9-11-21(12-10-19)27-24(30)20-8-4-7-18(13-20)15-28-22(16-32-25(28)31)14-17-5-2-1-3-6-17;1-5-6-7(2,3)4/h1-13,22H,14-16H2,(H2,26,29)(H,27,30);5-6H2,1-4H3. The van der Waals surface area contributed by atoms with Gasteiger partial charge in [0.2, 0.25) is 5.91 Å². The van der Waals surface area contributed by atoms with Gasteiger partial charge in [-0.3, -0.25) is 14.5 Å². The fourth-order valence-corrected chi connectivity index (χ4v) is 4.42. The second-order valence-corrected chi connectivity index (χ2v) is 11.0. The summed E-state index contributed by atoms with van der Waals surface area (Å²) in [7, 11) is 0. The largest absolute Gasteiger partial charge is 0.447 e. The highest BCUT2D eigenvalue weighted by atomic mass is 16.6. The van der Waals surface area contributed by atoms with Gasteiger partial charge in [0, 0.05) is 23.4 Å². The molecule has 1 unspecified atom stereocenters. The van der Waals surface area contributed by atoms with Crippen LogP contribution in [-0.4, -0.2) is 35.5 Å². The zero-order chi connectivity index (χ0) is 28.4. The number of nitrogens with two attached hydrogens (primary N) is 1. The highest BCUT2D eigenvalue weighted by molar-refractivity contribution is 6.04. The Bertz CT molecular complexity index is 1250. The summed E-state index contributed by atoms with van der Waals surface area (Å²) >= 11 is 0. The highest BCUT2D eigenvalue weighted by Crippen LogP contribution is 2.21. The van der Waals surface area contributed by atoms with Gasteiger partial charge in [-0.1, -0.05) is 76.6 Å². The maximum atomic E-state index is 12.7. The number of rotatable bonds is 8. The molecule has 3 aromatic carbocycles. The molecule has 1 aliphatic heterocycles. The quantitative estimate of drug-likeness (QED) is 0.351. The number of hydrogen-bond donors (Lipinski definition) is 2. The smallest absolute Gasteiger partial charge is 0.410 e. The fourth-order valence-electron chi connectivity index (χ4n) is 4.42. The van der Waals surface area contributed by atoms with Crippen LogP contribution in [0.1, 0.15) is 72.4 Å². The van der Waals surface area contributed by atoms with Gasteiger partial charge in [-0.2, -0.15) is 0 Å². The predicted octanol–water partition coefficient (Wildman–Crippen LogP) is 6.43. The van der Waals surface area contributed by atoms with Gasteiger partial charge < -0.3 is 15.8 Å². The highest BCUT2D eigenvalue weighted by Gasteiger charge is 2.33. The van der Waals surface area contributed by atoms with E-state index in [1.54, 1.807) is 47.4 Å². The molecule has 0 aromatic heterocycles. The van der Waals surface area contributed by atoms with E-state index in [9.17, 15) is 14.4 Å². The molecule has 3 amide bonds. The van der Waals surface area contributed by atoms with E-state index in [4.69, 9.17) is 10.5 Å². The number of benzene rings is 3. The van der Waals surface area contributed by atoms with Crippen molar-refractivity contribution in [2.75, 3.05) is 11.9 Å². The van der Waals surface area contributed by atoms with Crippen LogP contribution in [0.25, 0.3) is 0 Å². The summed E-state index contributed by atoms with van der Waals surface area (Å²) in [6.45, 7) is 9.74. The van der Waals surface area contributed by atoms with Crippen LogP contribution in [0.2, 0.25) is 0 Å². The minimum atomic E-state index is -0.526. The molecule has 0 radical (unpaired) electrons. The molecule has 0 aliphatic carbocycles. The van der Waals surface area contributed by atoms with Gasteiger partial charge >= 0.3 is 6.09 Å². The lowest BCUT2D eigenvalue weighted by Crippen LogP contribution is -2.34. The lowest BCUT2D eigenvalue weighted by molar-refractivity contribution is 0.0998. The third-order valence-electron chi connectivity index (χ3n) is 6.36. The Labute approximate surface area is 231 Å². The normalized spacial score (nSPS) is 14.7. The third kappa shape index (κ3) is 9.28. The average molecular weight is 530 g/mol. The lowest BCUT2D eigenvalue weighted by atomic mass is 9.91. The van der Waals surface area contributed by atoms with Crippen LogP contribution in [0.15, 0.2) is 78.9 Å². The van der Waals surface area contributed by atoms with Crippen molar-refractivity contribution in [1.29, 1.82) is 0 Å². The minimum absolute atomic E-state index is 0.0637. The predicted molar refractivity (Wildman–Crippen MR) is 155 cm³/mol. The molecule has 1 aliphatic rings. The monoisotopic (exact) mass is 529 g/mol. The molecule has 1 atom stereocenters. The van der Waals surface area contributed by atoms with Gasteiger partial charge in [0.25, 0.3) is 5.91 Å². The Kier molecular flexibility index (Phi) is 10.3. The van der Waals surface area contributed by atoms with Crippen molar-refractivity contribution in [3.05, 3.63) is 101 Å². The first-order valence-electron chi connectivity index (χ1n) is 13.3. The van der Waals surface area contributed by atoms with Crippen LogP contribution >= 0.6 is 0 Å². The Morgan fingerprint density at radius 1 is 0.949 bits per heavy atom. The van der Waals surface area contributed by atoms with Crippen molar-refractivity contribution in [2.24, 2.45) is 11.1 Å². The van der Waals surface area contributed by atoms with Gasteiger partial charge in [-0.05, 0) is 65.8 Å². The molecule has 0 spiro atoms. The van der Waals surface area contributed by atoms with E-state index in [0.29, 0.717) is 41.8 Å². The molecule has 7 nitrogen and oxygen atoms in total. The maximum absolute atomic E-state index is 12.7. The fraction of sp³-hybridized carbons (Fsp3) is 0.344. The van der Waals surface area contributed by atoms with Crippen molar-refractivity contribution >= 4 is 23.6 Å². The van der Waals surface area contributed by atoms with Crippen molar-refractivity contribution < 1.29 is 19.1 Å². The van der Waals surface area contributed by atoms with Crippen molar-refractivity contribution in [2.45, 2.75) is 59.5 Å². The number of nitrogens with zero attached hydrogens (tertiary/aromatic N) is 1. The van der Waals surface area contributed by atoms with E-state index in [2.05, 4.69) is 33.0 Å². The molecule has 1 fully saturated rings. The SMILES string of the molecule is CCCC(C)(C)C.NC(=O)c1ccc(NC(=O)c2cccc(CN3C(=O)OCC3Cc3ccccc3)c2)cc1. The van der Waals surface area contributed by atoms with Crippen molar-refractivity contribution in [3.8, 4) is 0 Å². The van der Waals surface area contributed by atoms with Gasteiger partial charge in [0.15, 0.2) is 0 Å². The van der Waals surface area contributed by atoms with Crippen LogP contribution in [0, 0.1) is 5.41 Å². The molecule has 1 saturated heterocycles. The first-order chi connectivity index (χ1) is 18.6. The molecular formula is C32H39N3O4. The number of carbonyl (C=O) groups excluding carboxylic acids is 3. The molecule has 206 valence electrons. The second-order valence-electron chi connectivity index (χ2n) is 11.0. The number of cyclic esters (lactones) is 1. The zero-order valence-corrected chi connectivity index (χ0v) is 23.3. The van der Waals surface area contributed by atoms with Crippen molar-refractivity contribution in [3.63, 3.8) is 0 Å². The molecule has 0 saturated carbocycles. The molecular weight excluding hydrogens is 490 g/mol. The summed E-state index contributed by atoms with van der Waals surface area (Å²) in [5, 5.41) is 2.80. The Morgan fingerprint density at radius 2 is 1.62 bits per heavy atom.